The zero-order valence-electron chi connectivity index (χ0n) is 12.6. The van der Waals surface area contributed by atoms with Crippen molar-refractivity contribution in [3.8, 4) is 0 Å². The van der Waals surface area contributed by atoms with Gasteiger partial charge in [0, 0.05) is 39.3 Å². The van der Waals surface area contributed by atoms with Crippen LogP contribution < -0.4 is 10.9 Å². The summed E-state index contributed by atoms with van der Waals surface area (Å²) in [5.74, 6) is -0.0855. The molecule has 5 heteroatoms. The molecule has 2 rings (SSSR count). The molecule has 5 nitrogen and oxygen atoms in total. The zero-order valence-corrected chi connectivity index (χ0v) is 12.6. The Kier molecular flexibility index (Phi) is 6.37. The maximum Gasteiger partial charge on any atom is 0.230 e. The summed E-state index contributed by atoms with van der Waals surface area (Å²) in [4.78, 5) is 17.7. The van der Waals surface area contributed by atoms with E-state index in [9.17, 15) is 4.79 Å². The minimum absolute atomic E-state index is 0.0855. The first kappa shape index (κ1) is 15.7. The number of nitrogens with one attached hydrogen (secondary N) is 2. The van der Waals surface area contributed by atoms with E-state index in [4.69, 9.17) is 0 Å². The lowest BCUT2D eigenvalue weighted by atomic mass is 10.0. The topological polar surface area (TPSA) is 56.7 Å². The molecule has 0 aromatic heterocycles. The maximum atomic E-state index is 10.7. The third-order valence-electron chi connectivity index (χ3n) is 3.58. The van der Waals surface area contributed by atoms with Gasteiger partial charge in [-0.1, -0.05) is 30.3 Å². The molecule has 0 radical (unpaired) electrons. The van der Waals surface area contributed by atoms with Gasteiger partial charge in [-0.05, 0) is 18.4 Å². The molecule has 1 aromatic carbocycles. The van der Waals surface area contributed by atoms with Crippen molar-refractivity contribution in [1.29, 1.82) is 0 Å². The molecule has 1 heterocycles. The van der Waals surface area contributed by atoms with Gasteiger partial charge in [-0.2, -0.15) is 0 Å². The number of nitrogens with zero attached hydrogens (tertiary/aromatic N) is 2. The average Bonchev–Trinajstić information content (AvgIpc) is 2.49. The predicted octanol–water partition coefficient (Wildman–Crippen LogP) is 1.36. The molecule has 1 aromatic rings. The van der Waals surface area contributed by atoms with Gasteiger partial charge in [-0.15, -0.1) is 0 Å². The van der Waals surface area contributed by atoms with E-state index in [1.807, 2.05) is 6.21 Å². The Balaban J connectivity index is 1.64. The number of hydrazine groups is 1. The first-order valence-corrected chi connectivity index (χ1v) is 7.51. The minimum Gasteiger partial charge on any atom is -0.299 e. The van der Waals surface area contributed by atoms with E-state index < -0.39 is 0 Å². The Morgan fingerprint density at radius 3 is 2.71 bits per heavy atom. The summed E-state index contributed by atoms with van der Waals surface area (Å²) in [5.41, 5.74) is 6.71. The van der Waals surface area contributed by atoms with Crippen molar-refractivity contribution in [2.24, 2.45) is 4.99 Å². The van der Waals surface area contributed by atoms with Gasteiger partial charge in [0.1, 0.15) is 0 Å². The molecule has 0 bridgehead atoms. The number of piperidine rings is 1. The quantitative estimate of drug-likeness (QED) is 0.472. The number of aliphatic imine (C=N–C) groups is 1. The van der Waals surface area contributed by atoms with Crippen LogP contribution in [0.25, 0.3) is 0 Å². The maximum absolute atomic E-state index is 10.7. The molecule has 0 saturated carbocycles. The van der Waals surface area contributed by atoms with Crippen LogP contribution in [-0.2, 0) is 11.3 Å². The predicted molar refractivity (Wildman–Crippen MR) is 85.1 cm³/mol. The Morgan fingerprint density at radius 1 is 1.33 bits per heavy atom. The molecular formula is C16H24N4O. The summed E-state index contributed by atoms with van der Waals surface area (Å²) >= 11 is 0. The number of rotatable bonds is 6. The highest BCUT2D eigenvalue weighted by molar-refractivity contribution is 5.72. The van der Waals surface area contributed by atoms with Crippen LogP contribution in [0.2, 0.25) is 0 Å². The van der Waals surface area contributed by atoms with E-state index in [2.05, 4.69) is 51.1 Å². The van der Waals surface area contributed by atoms with Gasteiger partial charge in [-0.25, -0.2) is 5.43 Å². The molecule has 2 N–H and O–H groups in total. The molecule has 0 aliphatic carbocycles. The van der Waals surface area contributed by atoms with Crippen LogP contribution in [0.15, 0.2) is 35.3 Å². The SMILES string of the molecule is CC(=O)NNCC=NC1CCN(Cc2ccccc2)CC1. The largest absolute Gasteiger partial charge is 0.299 e. The zero-order chi connectivity index (χ0) is 14.9. The first-order chi connectivity index (χ1) is 10.2. The van der Waals surface area contributed by atoms with Crippen molar-refractivity contribution in [2.75, 3.05) is 19.6 Å². The van der Waals surface area contributed by atoms with Crippen molar-refractivity contribution in [3.63, 3.8) is 0 Å². The van der Waals surface area contributed by atoms with Crippen LogP contribution in [0.3, 0.4) is 0 Å². The molecular weight excluding hydrogens is 264 g/mol. The standard InChI is InChI=1S/C16H24N4O/c1-14(21)19-18-10-9-17-16-7-11-20(12-8-16)13-15-5-3-2-4-6-15/h2-6,9,16,18H,7-8,10-13H2,1H3,(H,19,21). The number of benzene rings is 1. The van der Waals surface area contributed by atoms with Crippen LogP contribution in [0.1, 0.15) is 25.3 Å². The minimum atomic E-state index is -0.0855. The normalized spacial score (nSPS) is 17.2. The van der Waals surface area contributed by atoms with E-state index in [1.165, 1.54) is 12.5 Å². The van der Waals surface area contributed by atoms with Crippen molar-refractivity contribution in [2.45, 2.75) is 32.4 Å². The fourth-order valence-electron chi connectivity index (χ4n) is 2.49. The van der Waals surface area contributed by atoms with E-state index >= 15 is 0 Å². The Labute approximate surface area is 126 Å². The Hall–Kier alpha value is -1.72. The Morgan fingerprint density at radius 2 is 2.05 bits per heavy atom. The Bertz CT molecular complexity index is 453. The molecule has 0 spiro atoms. The van der Waals surface area contributed by atoms with Gasteiger partial charge in [-0.3, -0.25) is 20.1 Å². The van der Waals surface area contributed by atoms with Gasteiger partial charge in [0.2, 0.25) is 5.91 Å². The van der Waals surface area contributed by atoms with Gasteiger partial charge < -0.3 is 0 Å². The third-order valence-corrected chi connectivity index (χ3v) is 3.58. The fourth-order valence-corrected chi connectivity index (χ4v) is 2.49. The second-order valence-electron chi connectivity index (χ2n) is 5.39. The van der Waals surface area contributed by atoms with Crippen LogP contribution in [0, 0.1) is 0 Å². The van der Waals surface area contributed by atoms with E-state index in [1.54, 1.807) is 0 Å². The lowest BCUT2D eigenvalue weighted by molar-refractivity contribution is -0.119. The molecule has 0 unspecified atom stereocenters. The van der Waals surface area contributed by atoms with Crippen LogP contribution in [0.5, 0.6) is 0 Å². The van der Waals surface area contributed by atoms with Gasteiger partial charge in [0.25, 0.3) is 0 Å². The second-order valence-corrected chi connectivity index (χ2v) is 5.39. The molecule has 1 saturated heterocycles. The number of hydrogen-bond donors (Lipinski definition) is 2. The summed E-state index contributed by atoms with van der Waals surface area (Å²) in [5, 5.41) is 0. The molecule has 1 aliphatic rings. The highest BCUT2D eigenvalue weighted by Gasteiger charge is 2.17. The van der Waals surface area contributed by atoms with E-state index in [-0.39, 0.29) is 5.91 Å². The number of amides is 1. The van der Waals surface area contributed by atoms with E-state index in [0.29, 0.717) is 12.6 Å². The molecule has 1 fully saturated rings. The molecule has 1 amide bonds. The number of likely N-dealkylation sites (tertiary alicyclic amines) is 1. The van der Waals surface area contributed by atoms with Crippen molar-refractivity contribution < 1.29 is 4.79 Å². The lowest BCUT2D eigenvalue weighted by Crippen LogP contribution is -2.37. The molecule has 21 heavy (non-hydrogen) atoms. The third kappa shape index (κ3) is 6.06. The highest BCUT2D eigenvalue weighted by atomic mass is 16.2. The summed E-state index contributed by atoms with van der Waals surface area (Å²) in [6, 6.07) is 11.0. The second kappa shape index (κ2) is 8.54. The number of carbonyl (C=O) groups excluding carboxylic acids is 1. The van der Waals surface area contributed by atoms with Crippen LogP contribution in [-0.4, -0.2) is 42.7 Å². The molecule has 114 valence electrons. The number of carbonyl (C=O) groups is 1. The van der Waals surface area contributed by atoms with Crippen LogP contribution >= 0.6 is 0 Å². The fraction of sp³-hybridized carbons (Fsp3) is 0.500. The summed E-state index contributed by atoms with van der Waals surface area (Å²) < 4.78 is 0. The van der Waals surface area contributed by atoms with Gasteiger partial charge >= 0.3 is 0 Å². The van der Waals surface area contributed by atoms with Gasteiger partial charge in [0.15, 0.2) is 0 Å². The summed E-state index contributed by atoms with van der Waals surface area (Å²) in [7, 11) is 0. The lowest BCUT2D eigenvalue weighted by Gasteiger charge is -2.30. The smallest absolute Gasteiger partial charge is 0.230 e. The molecule has 1 aliphatic heterocycles. The monoisotopic (exact) mass is 288 g/mol. The molecule has 0 atom stereocenters. The van der Waals surface area contributed by atoms with Crippen LogP contribution in [0.4, 0.5) is 0 Å². The van der Waals surface area contributed by atoms with Crippen molar-refractivity contribution in [1.82, 2.24) is 15.8 Å². The summed E-state index contributed by atoms with van der Waals surface area (Å²) in [6.45, 7) is 5.27. The van der Waals surface area contributed by atoms with E-state index in [0.717, 1.165) is 32.5 Å². The van der Waals surface area contributed by atoms with Crippen molar-refractivity contribution in [3.05, 3.63) is 35.9 Å². The summed E-state index contributed by atoms with van der Waals surface area (Å²) in [6.07, 6.45) is 4.06. The first-order valence-electron chi connectivity index (χ1n) is 7.51. The van der Waals surface area contributed by atoms with Gasteiger partial charge in [0.05, 0.1) is 6.04 Å². The van der Waals surface area contributed by atoms with Crippen molar-refractivity contribution >= 4 is 12.1 Å². The average molecular weight is 288 g/mol. The number of hydrogen-bond acceptors (Lipinski definition) is 4. The highest BCUT2D eigenvalue weighted by Crippen LogP contribution is 2.15.